The van der Waals surface area contributed by atoms with Gasteiger partial charge in [0.05, 0.1) is 0 Å². The van der Waals surface area contributed by atoms with Crippen molar-refractivity contribution < 1.29 is 9.90 Å². The van der Waals surface area contributed by atoms with Gasteiger partial charge in [0, 0.05) is 5.56 Å². The monoisotopic (exact) mass is 286 g/mol. The fourth-order valence-corrected chi connectivity index (χ4v) is 2.70. The number of tetrazole rings is 1. The average molecular weight is 286 g/mol. The van der Waals surface area contributed by atoms with Gasteiger partial charge in [0.25, 0.3) is 0 Å². The van der Waals surface area contributed by atoms with Gasteiger partial charge in [-0.05, 0) is 41.2 Å². The molecular formula is C15H18N4O2. The molecule has 0 aliphatic heterocycles. The Labute approximate surface area is 122 Å². The van der Waals surface area contributed by atoms with Crippen LogP contribution >= 0.6 is 0 Å². The number of rotatable bonds is 4. The molecule has 0 saturated heterocycles. The number of carbonyl (C=O) groups is 1. The number of nitrogens with zero attached hydrogens (tertiary/aromatic N) is 4. The Morgan fingerprint density at radius 1 is 1.29 bits per heavy atom. The summed E-state index contributed by atoms with van der Waals surface area (Å²) >= 11 is 0. The van der Waals surface area contributed by atoms with E-state index in [1.807, 2.05) is 24.3 Å². The normalized spacial score (nSPS) is 16.7. The molecule has 0 atom stereocenters. The van der Waals surface area contributed by atoms with Crippen LogP contribution < -0.4 is 0 Å². The van der Waals surface area contributed by atoms with Crippen LogP contribution in [0.5, 0.6) is 0 Å². The van der Waals surface area contributed by atoms with Gasteiger partial charge in [-0.3, -0.25) is 0 Å². The van der Waals surface area contributed by atoms with E-state index in [9.17, 15) is 9.90 Å². The van der Waals surface area contributed by atoms with Gasteiger partial charge in [-0.15, -0.1) is 5.10 Å². The molecule has 0 bridgehead atoms. The Balaban J connectivity index is 2.01. The van der Waals surface area contributed by atoms with E-state index < -0.39 is 11.5 Å². The lowest BCUT2D eigenvalue weighted by Crippen LogP contribution is -2.48. The first kappa shape index (κ1) is 13.7. The number of aromatic nitrogens is 4. The van der Waals surface area contributed by atoms with Crippen LogP contribution in [0.15, 0.2) is 24.3 Å². The molecule has 1 aromatic heterocycles. The first-order valence-electron chi connectivity index (χ1n) is 7.17. The van der Waals surface area contributed by atoms with Gasteiger partial charge in [0.2, 0.25) is 0 Å². The summed E-state index contributed by atoms with van der Waals surface area (Å²) < 4.78 is 1.48. The first-order valence-corrected chi connectivity index (χ1v) is 7.17. The molecule has 6 heteroatoms. The van der Waals surface area contributed by atoms with Gasteiger partial charge in [0.1, 0.15) is 0 Å². The van der Waals surface area contributed by atoms with Crippen molar-refractivity contribution in [3.8, 4) is 11.4 Å². The Hall–Kier alpha value is -2.24. The maximum atomic E-state index is 11.6. The third kappa shape index (κ3) is 2.11. The molecule has 1 aromatic carbocycles. The van der Waals surface area contributed by atoms with E-state index in [0.717, 1.165) is 12.0 Å². The zero-order chi connectivity index (χ0) is 15.0. The quantitative estimate of drug-likeness (QED) is 0.933. The largest absolute Gasteiger partial charge is 0.479 e. The van der Waals surface area contributed by atoms with Crippen molar-refractivity contribution in [2.75, 3.05) is 0 Å². The number of hydrogen-bond acceptors (Lipinski definition) is 4. The zero-order valence-corrected chi connectivity index (χ0v) is 12.2. The van der Waals surface area contributed by atoms with E-state index in [1.54, 1.807) is 0 Å². The van der Waals surface area contributed by atoms with E-state index in [0.29, 0.717) is 24.6 Å². The molecule has 0 amide bonds. The van der Waals surface area contributed by atoms with Gasteiger partial charge < -0.3 is 5.11 Å². The summed E-state index contributed by atoms with van der Waals surface area (Å²) in [5.74, 6) is 0.112. The van der Waals surface area contributed by atoms with Crippen LogP contribution in [0, 0.1) is 0 Å². The Morgan fingerprint density at radius 2 is 1.95 bits per heavy atom. The molecule has 21 heavy (non-hydrogen) atoms. The smallest absolute Gasteiger partial charge is 0.331 e. The van der Waals surface area contributed by atoms with Gasteiger partial charge in [-0.1, -0.05) is 38.1 Å². The van der Waals surface area contributed by atoms with Crippen molar-refractivity contribution in [1.82, 2.24) is 20.2 Å². The van der Waals surface area contributed by atoms with Crippen molar-refractivity contribution in [1.29, 1.82) is 0 Å². The van der Waals surface area contributed by atoms with Crippen molar-refractivity contribution in [3.63, 3.8) is 0 Å². The van der Waals surface area contributed by atoms with Crippen LogP contribution in [-0.4, -0.2) is 31.3 Å². The maximum Gasteiger partial charge on any atom is 0.331 e. The maximum absolute atomic E-state index is 11.6. The molecule has 1 N–H and O–H groups in total. The van der Waals surface area contributed by atoms with E-state index in [-0.39, 0.29) is 0 Å². The topological polar surface area (TPSA) is 80.9 Å². The van der Waals surface area contributed by atoms with Crippen molar-refractivity contribution in [3.05, 3.63) is 29.8 Å². The summed E-state index contributed by atoms with van der Waals surface area (Å²) in [5, 5.41) is 21.2. The molecule has 0 unspecified atom stereocenters. The highest BCUT2D eigenvalue weighted by molar-refractivity contribution is 5.78. The molecule has 6 nitrogen and oxygen atoms in total. The minimum Gasteiger partial charge on any atom is -0.479 e. The SMILES string of the molecule is CC(C)c1ccc(-c2nnnn2C2(C(=O)O)CCC2)cc1. The lowest BCUT2D eigenvalue weighted by Gasteiger charge is -2.37. The third-order valence-electron chi connectivity index (χ3n) is 4.29. The third-order valence-corrected chi connectivity index (χ3v) is 4.29. The van der Waals surface area contributed by atoms with Gasteiger partial charge in [0.15, 0.2) is 11.4 Å². The van der Waals surface area contributed by atoms with Gasteiger partial charge >= 0.3 is 5.97 Å². The molecule has 1 heterocycles. The summed E-state index contributed by atoms with van der Waals surface area (Å²) in [5.41, 5.74) is 1.10. The Kier molecular flexibility index (Phi) is 3.23. The second-order valence-electron chi connectivity index (χ2n) is 5.88. The van der Waals surface area contributed by atoms with Crippen molar-refractivity contribution >= 4 is 5.97 Å². The van der Waals surface area contributed by atoms with Crippen LogP contribution in [0.4, 0.5) is 0 Å². The minimum absolute atomic E-state index is 0.451. The highest BCUT2D eigenvalue weighted by atomic mass is 16.4. The number of carboxylic acid groups (broad SMARTS) is 1. The molecule has 1 saturated carbocycles. The standard InChI is InChI=1S/C15H18N4O2/c1-10(2)11-4-6-12(7-5-11)13-16-17-18-19(13)15(14(20)21)8-3-9-15/h4-7,10H,3,8-9H2,1-2H3,(H,20,21). The second-order valence-corrected chi connectivity index (χ2v) is 5.88. The molecule has 110 valence electrons. The molecular weight excluding hydrogens is 268 g/mol. The highest BCUT2D eigenvalue weighted by Gasteiger charge is 2.49. The molecule has 0 spiro atoms. The lowest BCUT2D eigenvalue weighted by molar-refractivity contribution is -0.153. The molecule has 1 fully saturated rings. The number of aliphatic carboxylic acids is 1. The predicted molar refractivity (Wildman–Crippen MR) is 76.8 cm³/mol. The Morgan fingerprint density at radius 3 is 2.43 bits per heavy atom. The fraction of sp³-hybridized carbons (Fsp3) is 0.467. The van der Waals surface area contributed by atoms with Crippen LogP contribution in [0.1, 0.15) is 44.6 Å². The summed E-state index contributed by atoms with van der Waals surface area (Å²) in [6.07, 6.45) is 2.03. The second kappa shape index (κ2) is 4.95. The lowest BCUT2D eigenvalue weighted by atomic mass is 9.76. The highest BCUT2D eigenvalue weighted by Crippen LogP contribution is 2.40. The van der Waals surface area contributed by atoms with E-state index in [2.05, 4.69) is 29.4 Å². The van der Waals surface area contributed by atoms with Crippen LogP contribution in [0.3, 0.4) is 0 Å². The molecule has 2 aromatic rings. The number of benzene rings is 1. The van der Waals surface area contributed by atoms with Crippen LogP contribution in [0.2, 0.25) is 0 Å². The molecule has 0 radical (unpaired) electrons. The summed E-state index contributed by atoms with van der Waals surface area (Å²) in [6, 6.07) is 7.97. The van der Waals surface area contributed by atoms with E-state index in [4.69, 9.17) is 0 Å². The Bertz CT molecular complexity index is 657. The number of carboxylic acids is 1. The molecule has 1 aliphatic carbocycles. The minimum atomic E-state index is -0.977. The van der Waals surface area contributed by atoms with Gasteiger partial charge in [-0.2, -0.15) is 0 Å². The summed E-state index contributed by atoms with van der Waals surface area (Å²) in [7, 11) is 0. The van der Waals surface area contributed by atoms with E-state index in [1.165, 1.54) is 10.2 Å². The van der Waals surface area contributed by atoms with Gasteiger partial charge in [-0.25, -0.2) is 9.48 Å². The first-order chi connectivity index (χ1) is 10.0. The van der Waals surface area contributed by atoms with Crippen molar-refractivity contribution in [2.24, 2.45) is 0 Å². The average Bonchev–Trinajstić information content (AvgIpc) is 2.86. The molecule has 3 rings (SSSR count). The van der Waals surface area contributed by atoms with E-state index >= 15 is 0 Å². The fourth-order valence-electron chi connectivity index (χ4n) is 2.70. The zero-order valence-electron chi connectivity index (χ0n) is 12.2. The predicted octanol–water partition coefficient (Wildman–Crippen LogP) is 2.43. The summed E-state index contributed by atoms with van der Waals surface area (Å²) in [6.45, 7) is 4.26. The summed E-state index contributed by atoms with van der Waals surface area (Å²) in [4.78, 5) is 11.6. The van der Waals surface area contributed by atoms with Crippen molar-refractivity contribution in [2.45, 2.75) is 44.6 Å². The van der Waals surface area contributed by atoms with Crippen LogP contribution in [-0.2, 0) is 10.3 Å². The number of hydrogen-bond donors (Lipinski definition) is 1. The van der Waals surface area contributed by atoms with Crippen LogP contribution in [0.25, 0.3) is 11.4 Å². The molecule has 1 aliphatic rings.